The lowest BCUT2D eigenvalue weighted by Gasteiger charge is -2.33. The molecule has 5 nitrogen and oxygen atoms in total. The maximum atomic E-state index is 12.6. The second kappa shape index (κ2) is 8.13. The number of nitrogens with zero attached hydrogens (tertiary/aromatic N) is 1. The molecule has 2 amide bonds. The summed E-state index contributed by atoms with van der Waals surface area (Å²) in [6, 6.07) is 0.633. The second-order valence-corrected chi connectivity index (χ2v) is 7.94. The summed E-state index contributed by atoms with van der Waals surface area (Å²) < 4.78 is 0. The van der Waals surface area contributed by atoms with E-state index in [2.05, 4.69) is 15.5 Å². The van der Waals surface area contributed by atoms with Crippen molar-refractivity contribution < 1.29 is 9.59 Å². The highest BCUT2D eigenvalue weighted by Gasteiger charge is 2.33. The molecule has 1 saturated carbocycles. The van der Waals surface area contributed by atoms with Crippen LogP contribution in [0, 0.1) is 11.8 Å². The van der Waals surface area contributed by atoms with E-state index < -0.39 is 6.04 Å². The Morgan fingerprint density at radius 1 is 1.04 bits per heavy atom. The van der Waals surface area contributed by atoms with Crippen molar-refractivity contribution in [3.05, 3.63) is 0 Å². The van der Waals surface area contributed by atoms with E-state index in [-0.39, 0.29) is 23.8 Å². The number of piperidine rings is 1. The fourth-order valence-corrected chi connectivity index (χ4v) is 3.28. The fourth-order valence-electron chi connectivity index (χ4n) is 3.28. The van der Waals surface area contributed by atoms with Crippen LogP contribution in [0.2, 0.25) is 0 Å². The molecule has 1 heterocycles. The van der Waals surface area contributed by atoms with Gasteiger partial charge >= 0.3 is 0 Å². The average Bonchev–Trinajstić information content (AvgIpc) is 3.29. The minimum absolute atomic E-state index is 0.0259. The van der Waals surface area contributed by atoms with E-state index in [0.29, 0.717) is 12.3 Å². The van der Waals surface area contributed by atoms with Crippen molar-refractivity contribution in [2.75, 3.05) is 13.1 Å². The summed E-state index contributed by atoms with van der Waals surface area (Å²) in [5, 5.41) is 6.07. The van der Waals surface area contributed by atoms with Crippen LogP contribution in [0.4, 0.5) is 0 Å². The van der Waals surface area contributed by atoms with Gasteiger partial charge in [-0.25, -0.2) is 0 Å². The van der Waals surface area contributed by atoms with Crippen LogP contribution in [0.15, 0.2) is 0 Å². The zero-order valence-electron chi connectivity index (χ0n) is 15.1. The summed E-state index contributed by atoms with van der Waals surface area (Å²) in [4.78, 5) is 27.1. The van der Waals surface area contributed by atoms with Gasteiger partial charge in [-0.3, -0.25) is 9.59 Å². The molecule has 2 rings (SSSR count). The normalized spacial score (nSPS) is 21.5. The van der Waals surface area contributed by atoms with E-state index in [4.69, 9.17) is 0 Å². The van der Waals surface area contributed by atoms with Crippen LogP contribution in [0.25, 0.3) is 0 Å². The lowest BCUT2D eigenvalue weighted by molar-refractivity contribution is -0.131. The largest absolute Gasteiger partial charge is 0.351 e. The van der Waals surface area contributed by atoms with Crippen LogP contribution in [0.1, 0.15) is 59.8 Å². The molecule has 0 spiro atoms. The van der Waals surface area contributed by atoms with Crippen molar-refractivity contribution in [2.45, 2.75) is 77.9 Å². The summed E-state index contributed by atoms with van der Waals surface area (Å²) in [5.74, 6) is 0.342. The van der Waals surface area contributed by atoms with Gasteiger partial charge in [-0.1, -0.05) is 27.7 Å². The first kappa shape index (κ1) is 18.2. The van der Waals surface area contributed by atoms with E-state index >= 15 is 0 Å². The average molecular weight is 323 g/mol. The molecule has 132 valence electrons. The molecular weight excluding hydrogens is 290 g/mol. The predicted molar refractivity (Wildman–Crippen MR) is 92.0 cm³/mol. The van der Waals surface area contributed by atoms with Crippen molar-refractivity contribution in [1.29, 1.82) is 0 Å². The Morgan fingerprint density at radius 3 is 2.13 bits per heavy atom. The highest BCUT2D eigenvalue weighted by Crippen LogP contribution is 2.29. The van der Waals surface area contributed by atoms with Crippen LogP contribution >= 0.6 is 0 Å². The number of carbonyl (C=O) groups excluding carboxylic acids is 2. The third kappa shape index (κ3) is 5.79. The van der Waals surface area contributed by atoms with Gasteiger partial charge < -0.3 is 15.5 Å². The molecule has 1 unspecified atom stereocenters. The van der Waals surface area contributed by atoms with Crippen LogP contribution in [0.5, 0.6) is 0 Å². The Hall–Kier alpha value is -1.10. The van der Waals surface area contributed by atoms with Crippen molar-refractivity contribution in [3.8, 4) is 0 Å². The number of hydrogen-bond acceptors (Lipinski definition) is 3. The maximum Gasteiger partial charge on any atom is 0.243 e. The number of amides is 2. The Labute approximate surface area is 140 Å². The number of likely N-dealkylation sites (tertiary alicyclic amines) is 1. The van der Waals surface area contributed by atoms with Crippen LogP contribution in [0.3, 0.4) is 0 Å². The quantitative estimate of drug-likeness (QED) is 0.752. The monoisotopic (exact) mass is 323 g/mol. The molecule has 0 bridgehead atoms. The zero-order chi connectivity index (χ0) is 17.0. The third-order valence-electron chi connectivity index (χ3n) is 4.80. The van der Waals surface area contributed by atoms with E-state index in [1.165, 1.54) is 12.8 Å². The molecule has 1 aliphatic carbocycles. The standard InChI is InChI=1S/C18H33N3O2/c1-12(2)11-16(22)20-17(13(3)4)18(23)19-14-7-9-21(10-8-14)15-5-6-15/h12-15,17H,5-11H2,1-4H3,(H,19,23)(H,20,22). The molecule has 0 aromatic heterocycles. The summed E-state index contributed by atoms with van der Waals surface area (Å²) in [6.07, 6.45) is 5.19. The van der Waals surface area contributed by atoms with Gasteiger partial charge in [-0.15, -0.1) is 0 Å². The molecule has 1 atom stereocenters. The smallest absolute Gasteiger partial charge is 0.243 e. The lowest BCUT2D eigenvalue weighted by atomic mass is 10.00. The maximum absolute atomic E-state index is 12.6. The molecule has 2 aliphatic rings. The SMILES string of the molecule is CC(C)CC(=O)NC(C(=O)NC1CCN(C2CC2)CC1)C(C)C. The van der Waals surface area contributed by atoms with Gasteiger partial charge in [0.25, 0.3) is 0 Å². The Kier molecular flexibility index (Phi) is 6.45. The molecule has 2 fully saturated rings. The van der Waals surface area contributed by atoms with E-state index in [1.54, 1.807) is 0 Å². The topological polar surface area (TPSA) is 61.4 Å². The van der Waals surface area contributed by atoms with Crippen molar-refractivity contribution in [1.82, 2.24) is 15.5 Å². The van der Waals surface area contributed by atoms with Crippen LogP contribution in [-0.4, -0.2) is 47.9 Å². The summed E-state index contributed by atoms with van der Waals surface area (Å²) in [6.45, 7) is 10.2. The van der Waals surface area contributed by atoms with E-state index in [0.717, 1.165) is 32.0 Å². The summed E-state index contributed by atoms with van der Waals surface area (Å²) in [7, 11) is 0. The molecular formula is C18H33N3O2. The van der Waals surface area contributed by atoms with Gasteiger partial charge in [0, 0.05) is 31.6 Å². The molecule has 1 aliphatic heterocycles. The summed E-state index contributed by atoms with van der Waals surface area (Å²) >= 11 is 0. The Bertz CT molecular complexity index is 410. The van der Waals surface area contributed by atoms with Crippen molar-refractivity contribution in [3.63, 3.8) is 0 Å². The molecule has 1 saturated heterocycles. The zero-order valence-corrected chi connectivity index (χ0v) is 15.1. The van der Waals surface area contributed by atoms with Gasteiger partial charge in [0.1, 0.15) is 6.04 Å². The van der Waals surface area contributed by atoms with E-state index in [1.807, 2.05) is 27.7 Å². The van der Waals surface area contributed by atoms with Crippen molar-refractivity contribution in [2.24, 2.45) is 11.8 Å². The highest BCUT2D eigenvalue weighted by atomic mass is 16.2. The first-order chi connectivity index (χ1) is 10.9. The van der Waals surface area contributed by atoms with Crippen molar-refractivity contribution >= 4 is 11.8 Å². The molecule has 0 aromatic carbocycles. The number of carbonyl (C=O) groups is 2. The van der Waals surface area contributed by atoms with Gasteiger partial charge in [-0.05, 0) is 37.5 Å². The minimum atomic E-state index is -0.428. The van der Waals surface area contributed by atoms with Gasteiger partial charge in [0.2, 0.25) is 11.8 Å². The number of rotatable bonds is 7. The van der Waals surface area contributed by atoms with Gasteiger partial charge in [-0.2, -0.15) is 0 Å². The number of hydrogen-bond donors (Lipinski definition) is 2. The third-order valence-corrected chi connectivity index (χ3v) is 4.80. The molecule has 0 radical (unpaired) electrons. The molecule has 0 aromatic rings. The fraction of sp³-hybridized carbons (Fsp3) is 0.889. The van der Waals surface area contributed by atoms with Gasteiger partial charge in [0.15, 0.2) is 0 Å². The number of nitrogens with one attached hydrogen (secondary N) is 2. The molecule has 2 N–H and O–H groups in total. The van der Waals surface area contributed by atoms with Gasteiger partial charge in [0.05, 0.1) is 0 Å². The Morgan fingerprint density at radius 2 is 1.65 bits per heavy atom. The first-order valence-electron chi connectivity index (χ1n) is 9.20. The second-order valence-electron chi connectivity index (χ2n) is 7.94. The first-order valence-corrected chi connectivity index (χ1v) is 9.20. The molecule has 5 heteroatoms. The minimum Gasteiger partial charge on any atom is -0.351 e. The molecule has 23 heavy (non-hydrogen) atoms. The van der Waals surface area contributed by atoms with E-state index in [9.17, 15) is 9.59 Å². The highest BCUT2D eigenvalue weighted by molar-refractivity contribution is 5.88. The predicted octanol–water partition coefficient (Wildman–Crippen LogP) is 1.92. The van der Waals surface area contributed by atoms with Crippen LogP contribution in [-0.2, 0) is 9.59 Å². The summed E-state index contributed by atoms with van der Waals surface area (Å²) in [5.41, 5.74) is 0. The Balaban J connectivity index is 1.79. The van der Waals surface area contributed by atoms with Crippen LogP contribution < -0.4 is 10.6 Å². The lowest BCUT2D eigenvalue weighted by Crippen LogP contribution is -2.54.